The topological polar surface area (TPSA) is 63.5 Å². The Morgan fingerprint density at radius 2 is 2.04 bits per heavy atom. The van der Waals surface area contributed by atoms with Crippen molar-refractivity contribution in [2.75, 3.05) is 32.8 Å². The fourth-order valence-electron chi connectivity index (χ4n) is 4.34. The van der Waals surface area contributed by atoms with Crippen molar-refractivity contribution in [3.05, 3.63) is 47.5 Å². The van der Waals surface area contributed by atoms with Gasteiger partial charge in [0.25, 0.3) is 5.91 Å². The zero-order chi connectivity index (χ0) is 19.5. The normalized spacial score (nSPS) is 23.7. The SMILES string of the molecule is Cc1ccncc1C(=O)N1CCO[C@@H](CN2CCCCC2)[C@@H]1c1cnn(C)c1. The van der Waals surface area contributed by atoms with Gasteiger partial charge in [-0.25, -0.2) is 0 Å². The van der Waals surface area contributed by atoms with Gasteiger partial charge in [0.15, 0.2) is 0 Å². The zero-order valence-corrected chi connectivity index (χ0v) is 16.8. The Kier molecular flexibility index (Phi) is 5.73. The quantitative estimate of drug-likeness (QED) is 0.810. The van der Waals surface area contributed by atoms with Gasteiger partial charge in [-0.3, -0.25) is 14.5 Å². The molecule has 0 aromatic carbocycles. The predicted molar refractivity (Wildman–Crippen MR) is 106 cm³/mol. The van der Waals surface area contributed by atoms with Crippen molar-refractivity contribution in [3.8, 4) is 0 Å². The average molecular weight is 383 g/mol. The van der Waals surface area contributed by atoms with Crippen LogP contribution in [0.25, 0.3) is 0 Å². The number of nitrogens with zero attached hydrogens (tertiary/aromatic N) is 5. The summed E-state index contributed by atoms with van der Waals surface area (Å²) >= 11 is 0. The Labute approximate surface area is 166 Å². The number of hydrogen-bond acceptors (Lipinski definition) is 5. The summed E-state index contributed by atoms with van der Waals surface area (Å²) in [6.45, 7) is 6.14. The third-order valence-corrected chi connectivity index (χ3v) is 5.84. The van der Waals surface area contributed by atoms with Crippen molar-refractivity contribution >= 4 is 5.91 Å². The molecule has 2 fully saturated rings. The second-order valence-corrected chi connectivity index (χ2v) is 7.85. The average Bonchev–Trinajstić information content (AvgIpc) is 3.14. The number of rotatable bonds is 4. The Bertz CT molecular complexity index is 815. The van der Waals surface area contributed by atoms with Crippen molar-refractivity contribution in [1.82, 2.24) is 24.6 Å². The van der Waals surface area contributed by atoms with Gasteiger partial charge in [0.05, 0.1) is 30.5 Å². The van der Waals surface area contributed by atoms with E-state index in [-0.39, 0.29) is 18.1 Å². The highest BCUT2D eigenvalue weighted by molar-refractivity contribution is 5.95. The number of hydrogen-bond donors (Lipinski definition) is 0. The molecule has 2 aromatic heterocycles. The van der Waals surface area contributed by atoms with Crippen molar-refractivity contribution in [3.63, 3.8) is 0 Å². The molecule has 1 amide bonds. The number of ether oxygens (including phenoxy) is 1. The van der Waals surface area contributed by atoms with Crippen molar-refractivity contribution in [2.24, 2.45) is 7.05 Å². The van der Waals surface area contributed by atoms with Gasteiger partial charge in [0.1, 0.15) is 0 Å². The van der Waals surface area contributed by atoms with Crippen LogP contribution in [0.1, 0.15) is 46.8 Å². The first-order chi connectivity index (χ1) is 13.6. The highest BCUT2D eigenvalue weighted by atomic mass is 16.5. The molecule has 4 heterocycles. The van der Waals surface area contributed by atoms with Gasteiger partial charge < -0.3 is 14.5 Å². The van der Waals surface area contributed by atoms with E-state index in [2.05, 4.69) is 15.0 Å². The Hall–Kier alpha value is -2.25. The zero-order valence-electron chi connectivity index (χ0n) is 16.8. The summed E-state index contributed by atoms with van der Waals surface area (Å²) in [5.41, 5.74) is 2.64. The van der Waals surface area contributed by atoms with Gasteiger partial charge in [-0.1, -0.05) is 6.42 Å². The van der Waals surface area contributed by atoms with E-state index < -0.39 is 0 Å². The molecule has 28 heavy (non-hydrogen) atoms. The van der Waals surface area contributed by atoms with E-state index in [9.17, 15) is 4.79 Å². The van der Waals surface area contributed by atoms with E-state index in [1.165, 1.54) is 19.3 Å². The third kappa shape index (κ3) is 3.95. The molecule has 150 valence electrons. The minimum atomic E-state index is -0.142. The van der Waals surface area contributed by atoms with Crippen LogP contribution < -0.4 is 0 Å². The van der Waals surface area contributed by atoms with Crippen LogP contribution in [0.5, 0.6) is 0 Å². The molecule has 0 N–H and O–H groups in total. The summed E-state index contributed by atoms with van der Waals surface area (Å²) in [6.07, 6.45) is 11.0. The van der Waals surface area contributed by atoms with E-state index in [0.717, 1.165) is 30.8 Å². The molecule has 4 rings (SSSR count). The molecule has 2 atom stereocenters. The largest absolute Gasteiger partial charge is 0.373 e. The van der Waals surface area contributed by atoms with Crippen LogP contribution in [0.2, 0.25) is 0 Å². The van der Waals surface area contributed by atoms with Gasteiger partial charge in [-0.15, -0.1) is 0 Å². The summed E-state index contributed by atoms with van der Waals surface area (Å²) in [5.74, 6) is 0.0198. The number of carbonyl (C=O) groups excluding carboxylic acids is 1. The summed E-state index contributed by atoms with van der Waals surface area (Å²) in [4.78, 5) is 22.0. The Balaban J connectivity index is 1.63. The first-order valence-corrected chi connectivity index (χ1v) is 10.2. The first kappa shape index (κ1) is 19.1. The molecule has 0 spiro atoms. The molecule has 7 nitrogen and oxygen atoms in total. The maximum absolute atomic E-state index is 13.4. The molecule has 0 saturated carbocycles. The number of carbonyl (C=O) groups is 1. The number of likely N-dealkylation sites (tertiary alicyclic amines) is 1. The molecular formula is C21H29N5O2. The van der Waals surface area contributed by atoms with Gasteiger partial charge in [-0.2, -0.15) is 5.10 Å². The lowest BCUT2D eigenvalue weighted by molar-refractivity contribution is -0.0742. The first-order valence-electron chi connectivity index (χ1n) is 10.2. The van der Waals surface area contributed by atoms with Gasteiger partial charge >= 0.3 is 0 Å². The molecular weight excluding hydrogens is 354 g/mol. The molecule has 2 aliphatic rings. The lowest BCUT2D eigenvalue weighted by atomic mass is 9.98. The molecule has 0 radical (unpaired) electrons. The van der Waals surface area contributed by atoms with Crippen LogP contribution in [0.15, 0.2) is 30.9 Å². The minimum absolute atomic E-state index is 0.0198. The fraction of sp³-hybridized carbons (Fsp3) is 0.571. The minimum Gasteiger partial charge on any atom is -0.373 e. The molecule has 0 aliphatic carbocycles. The second-order valence-electron chi connectivity index (χ2n) is 7.85. The van der Waals surface area contributed by atoms with Crippen LogP contribution in [0.4, 0.5) is 0 Å². The van der Waals surface area contributed by atoms with Crippen LogP contribution >= 0.6 is 0 Å². The van der Waals surface area contributed by atoms with Crippen molar-refractivity contribution in [1.29, 1.82) is 0 Å². The number of aromatic nitrogens is 3. The molecule has 2 aromatic rings. The van der Waals surface area contributed by atoms with E-state index in [1.807, 2.05) is 37.3 Å². The van der Waals surface area contributed by atoms with Gasteiger partial charge in [0.2, 0.25) is 0 Å². The third-order valence-electron chi connectivity index (χ3n) is 5.84. The van der Waals surface area contributed by atoms with Crippen LogP contribution in [-0.4, -0.2) is 69.4 Å². The molecule has 0 bridgehead atoms. The number of amides is 1. The van der Waals surface area contributed by atoms with E-state index in [4.69, 9.17) is 4.74 Å². The van der Waals surface area contributed by atoms with E-state index in [0.29, 0.717) is 18.7 Å². The van der Waals surface area contributed by atoms with Gasteiger partial charge in [-0.05, 0) is 44.5 Å². The molecule has 7 heteroatoms. The number of piperidine rings is 1. The summed E-state index contributed by atoms with van der Waals surface area (Å²) in [6, 6.07) is 1.74. The highest BCUT2D eigenvalue weighted by Crippen LogP contribution is 2.32. The van der Waals surface area contributed by atoms with E-state index >= 15 is 0 Å². The predicted octanol–water partition coefficient (Wildman–Crippen LogP) is 2.19. The molecule has 2 saturated heterocycles. The van der Waals surface area contributed by atoms with Crippen LogP contribution in [0, 0.1) is 6.92 Å². The van der Waals surface area contributed by atoms with E-state index in [1.54, 1.807) is 17.1 Å². The number of morpholine rings is 1. The van der Waals surface area contributed by atoms with Gasteiger partial charge in [0, 0.05) is 44.3 Å². The standard InChI is InChI=1S/C21H29N5O2/c1-16-6-7-22-13-18(16)21(27)26-10-11-28-19(15-25-8-4-3-5-9-25)20(26)17-12-23-24(2)14-17/h6-7,12-14,19-20H,3-5,8-11,15H2,1-2H3/t19-,20-/m0/s1. The lowest BCUT2D eigenvalue weighted by Crippen LogP contribution is -2.52. The van der Waals surface area contributed by atoms with Crippen molar-refractivity contribution < 1.29 is 9.53 Å². The Morgan fingerprint density at radius 3 is 2.75 bits per heavy atom. The molecule has 0 unspecified atom stereocenters. The maximum atomic E-state index is 13.4. The highest BCUT2D eigenvalue weighted by Gasteiger charge is 2.38. The van der Waals surface area contributed by atoms with Crippen LogP contribution in [0.3, 0.4) is 0 Å². The maximum Gasteiger partial charge on any atom is 0.256 e. The Morgan fingerprint density at radius 1 is 1.21 bits per heavy atom. The summed E-state index contributed by atoms with van der Waals surface area (Å²) in [5, 5.41) is 4.35. The smallest absolute Gasteiger partial charge is 0.256 e. The summed E-state index contributed by atoms with van der Waals surface area (Å²) < 4.78 is 8.01. The monoisotopic (exact) mass is 383 g/mol. The lowest BCUT2D eigenvalue weighted by Gasteiger charge is -2.43. The second kappa shape index (κ2) is 8.41. The summed E-state index contributed by atoms with van der Waals surface area (Å²) in [7, 11) is 1.91. The number of pyridine rings is 1. The van der Waals surface area contributed by atoms with Crippen LogP contribution in [-0.2, 0) is 11.8 Å². The van der Waals surface area contributed by atoms with Crippen molar-refractivity contribution in [2.45, 2.75) is 38.3 Å². The fourth-order valence-corrected chi connectivity index (χ4v) is 4.34. The molecule has 2 aliphatic heterocycles. The number of aryl methyl sites for hydroxylation is 2.